The lowest BCUT2D eigenvalue weighted by Gasteiger charge is -1.89. The number of methoxy groups -OCH3 is 2. The Morgan fingerprint density at radius 1 is 1.00 bits per heavy atom. The Balaban J connectivity index is -0.000000242. The maximum absolute atomic E-state index is 10.3. The third-order valence-electron chi connectivity index (χ3n) is 1.01. The van der Waals surface area contributed by atoms with Gasteiger partial charge in [0.2, 0.25) is 0 Å². The third-order valence-corrected chi connectivity index (χ3v) is 1.01. The summed E-state index contributed by atoms with van der Waals surface area (Å²) >= 11 is 0. The molecule has 0 aliphatic heterocycles. The van der Waals surface area contributed by atoms with Gasteiger partial charge in [0.15, 0.2) is 0 Å². The van der Waals surface area contributed by atoms with E-state index in [2.05, 4.69) is 27.4 Å². The fraction of sp³-hybridized carbons (Fsp3) is 0.250. The van der Waals surface area contributed by atoms with Crippen LogP contribution in [-0.4, -0.2) is 37.2 Å². The lowest BCUT2D eigenvalue weighted by atomic mass is 10.5. The predicted molar refractivity (Wildman–Crippen MR) is 68.0 cm³/mol. The molecule has 0 atom stereocenters. The van der Waals surface area contributed by atoms with Crippen LogP contribution in [0.1, 0.15) is 6.92 Å². The van der Waals surface area contributed by atoms with E-state index in [1.807, 2.05) is 0 Å². The van der Waals surface area contributed by atoms with Gasteiger partial charge in [-0.1, -0.05) is 13.2 Å². The predicted octanol–water partition coefficient (Wildman–Crippen LogP) is 1.27. The Hall–Kier alpha value is -2.57. The molecule has 0 saturated carbocycles. The highest BCUT2D eigenvalue weighted by Crippen LogP contribution is 1.80. The van der Waals surface area contributed by atoms with Crippen LogP contribution in [-0.2, 0) is 28.6 Å². The number of hydrogen-bond acceptors (Lipinski definition) is 7. The molecule has 0 bridgehead atoms. The molecule has 7 nitrogen and oxygen atoms in total. The molecule has 0 aromatic carbocycles. The van der Waals surface area contributed by atoms with Crippen LogP contribution in [0.4, 0.5) is 0 Å². The quantitative estimate of drug-likeness (QED) is 0.358. The highest BCUT2D eigenvalue weighted by molar-refractivity contribution is 5.91. The molecule has 19 heavy (non-hydrogen) atoms. The summed E-state index contributed by atoms with van der Waals surface area (Å²) in [6.45, 7) is 7.40. The average molecular weight is 274 g/mol. The number of carbonyl (C=O) groups is 3. The maximum Gasteiger partial charge on any atom is 0.330 e. The van der Waals surface area contributed by atoms with Gasteiger partial charge < -0.3 is 19.3 Å². The second-order valence-corrected chi connectivity index (χ2v) is 2.34. The molecule has 0 radical (unpaired) electrons. The van der Waals surface area contributed by atoms with Gasteiger partial charge in [-0.2, -0.15) is 0 Å². The number of esters is 3. The summed E-state index contributed by atoms with van der Waals surface area (Å²) in [5.74, 6) is -1.49. The zero-order valence-corrected chi connectivity index (χ0v) is 11.1. The molecule has 0 aliphatic carbocycles. The van der Waals surface area contributed by atoms with Crippen LogP contribution in [0.2, 0.25) is 0 Å². The van der Waals surface area contributed by atoms with Gasteiger partial charge in [0.05, 0.1) is 26.7 Å². The lowest BCUT2D eigenvalue weighted by Crippen LogP contribution is -1.98. The summed E-state index contributed by atoms with van der Waals surface area (Å²) in [7, 11) is 2.45. The van der Waals surface area contributed by atoms with Crippen LogP contribution in [0.25, 0.3) is 0 Å². The molecule has 0 aliphatic rings. The van der Waals surface area contributed by atoms with Crippen molar-refractivity contribution in [3.63, 3.8) is 0 Å². The fourth-order valence-corrected chi connectivity index (χ4v) is 0.390. The molecule has 0 spiro atoms. The van der Waals surface area contributed by atoms with Gasteiger partial charge in [0, 0.05) is 19.1 Å². The molecule has 108 valence electrons. The lowest BCUT2D eigenvalue weighted by molar-refractivity contribution is -0.137. The van der Waals surface area contributed by atoms with Crippen molar-refractivity contribution in [1.82, 2.24) is 0 Å². The maximum atomic E-state index is 10.3. The normalized spacial score (nSPS) is 7.74. The van der Waals surface area contributed by atoms with E-state index >= 15 is 0 Å². The van der Waals surface area contributed by atoms with Gasteiger partial charge in [0.25, 0.3) is 0 Å². The van der Waals surface area contributed by atoms with E-state index in [9.17, 15) is 14.4 Å². The summed E-state index contributed by atoms with van der Waals surface area (Å²) in [6, 6.07) is 0. The Bertz CT molecular complexity index is 300. The van der Waals surface area contributed by atoms with Gasteiger partial charge >= 0.3 is 17.9 Å². The van der Waals surface area contributed by atoms with Crippen molar-refractivity contribution in [2.75, 3.05) is 14.2 Å². The van der Waals surface area contributed by atoms with Gasteiger partial charge in [-0.25, -0.2) is 9.59 Å². The minimum Gasteiger partial charge on any atom is -0.516 e. The summed E-state index contributed by atoms with van der Waals surface area (Å²) in [6.07, 6.45) is 3.83. The molecule has 0 heterocycles. The standard InChI is InChI=1S/C6H8O4.C4H6O2.C2H4O/c1-9-5(7)3-4-6(8)10-2;1-3-6-4(2)5;1-2-3/h3-4H,1-2H3;3H,1H2,2H3;2-3H,1H2/b4-3-;;. The Labute approximate surface area is 111 Å². The van der Waals surface area contributed by atoms with Crippen LogP contribution >= 0.6 is 0 Å². The fourth-order valence-electron chi connectivity index (χ4n) is 0.390. The minimum atomic E-state index is -0.578. The Morgan fingerprint density at radius 2 is 1.32 bits per heavy atom. The third kappa shape index (κ3) is 31.3. The van der Waals surface area contributed by atoms with Gasteiger partial charge in [-0.05, 0) is 0 Å². The largest absolute Gasteiger partial charge is 0.516 e. The molecule has 0 fully saturated rings. The number of rotatable bonds is 3. The molecule has 0 aromatic rings. The van der Waals surface area contributed by atoms with E-state index in [0.717, 1.165) is 24.7 Å². The van der Waals surface area contributed by atoms with Crippen molar-refractivity contribution >= 4 is 17.9 Å². The van der Waals surface area contributed by atoms with E-state index in [4.69, 9.17) is 5.11 Å². The number of ether oxygens (including phenoxy) is 3. The van der Waals surface area contributed by atoms with E-state index in [1.165, 1.54) is 21.1 Å². The van der Waals surface area contributed by atoms with Crippen LogP contribution in [0, 0.1) is 0 Å². The summed E-state index contributed by atoms with van der Waals surface area (Å²) in [5, 5.41) is 7.33. The van der Waals surface area contributed by atoms with E-state index < -0.39 is 11.9 Å². The topological polar surface area (TPSA) is 99.1 Å². The summed E-state index contributed by atoms with van der Waals surface area (Å²) in [5.41, 5.74) is 0. The van der Waals surface area contributed by atoms with E-state index in [-0.39, 0.29) is 5.97 Å². The summed E-state index contributed by atoms with van der Waals surface area (Å²) in [4.78, 5) is 30.4. The monoisotopic (exact) mass is 274 g/mol. The zero-order chi connectivity index (χ0) is 15.7. The highest BCUT2D eigenvalue weighted by atomic mass is 16.5. The number of aliphatic hydroxyl groups excluding tert-OH is 1. The first-order valence-electron chi connectivity index (χ1n) is 4.76. The molecular formula is C12H18O7. The van der Waals surface area contributed by atoms with Crippen LogP contribution in [0.5, 0.6) is 0 Å². The number of carbonyl (C=O) groups excluding carboxylic acids is 3. The minimum absolute atomic E-state index is 0.329. The van der Waals surface area contributed by atoms with Crippen molar-refractivity contribution in [3.05, 3.63) is 37.8 Å². The van der Waals surface area contributed by atoms with Crippen molar-refractivity contribution in [1.29, 1.82) is 0 Å². The van der Waals surface area contributed by atoms with Crippen LogP contribution < -0.4 is 0 Å². The Morgan fingerprint density at radius 3 is 1.42 bits per heavy atom. The molecule has 0 saturated heterocycles. The van der Waals surface area contributed by atoms with Crippen LogP contribution in [0.3, 0.4) is 0 Å². The van der Waals surface area contributed by atoms with E-state index in [1.54, 1.807) is 0 Å². The molecule has 1 N–H and O–H groups in total. The average Bonchev–Trinajstić information content (AvgIpc) is 2.36. The molecule has 0 rings (SSSR count). The number of aliphatic hydroxyl groups is 1. The van der Waals surface area contributed by atoms with Crippen molar-refractivity contribution in [2.24, 2.45) is 0 Å². The van der Waals surface area contributed by atoms with E-state index in [0.29, 0.717) is 0 Å². The first kappa shape index (κ1) is 21.7. The molecule has 0 amide bonds. The first-order valence-corrected chi connectivity index (χ1v) is 4.76. The highest BCUT2D eigenvalue weighted by Gasteiger charge is 1.94. The van der Waals surface area contributed by atoms with Gasteiger partial charge in [-0.3, -0.25) is 4.79 Å². The van der Waals surface area contributed by atoms with Crippen LogP contribution in [0.15, 0.2) is 37.8 Å². The first-order chi connectivity index (χ1) is 8.89. The molecular weight excluding hydrogens is 256 g/mol. The number of hydrogen-bond donors (Lipinski definition) is 1. The summed E-state index contributed by atoms with van der Waals surface area (Å²) < 4.78 is 12.6. The zero-order valence-electron chi connectivity index (χ0n) is 11.1. The second kappa shape index (κ2) is 17.8. The van der Waals surface area contributed by atoms with Gasteiger partial charge in [-0.15, -0.1) is 0 Å². The van der Waals surface area contributed by atoms with Crippen molar-refractivity contribution in [2.45, 2.75) is 6.92 Å². The SMILES string of the molecule is C=CO.C=COC(C)=O.COC(=O)/C=C\C(=O)OC. The molecule has 0 aromatic heterocycles. The molecule has 0 unspecified atom stereocenters. The Kier molecular flexibility index (Phi) is 20.3. The smallest absolute Gasteiger partial charge is 0.330 e. The van der Waals surface area contributed by atoms with Gasteiger partial charge in [0.1, 0.15) is 0 Å². The molecule has 7 heteroatoms. The second-order valence-electron chi connectivity index (χ2n) is 2.34. The van der Waals surface area contributed by atoms with Crippen molar-refractivity contribution in [3.8, 4) is 0 Å². The van der Waals surface area contributed by atoms with Crippen molar-refractivity contribution < 1.29 is 33.7 Å².